The van der Waals surface area contributed by atoms with Crippen LogP contribution >= 0.6 is 11.6 Å². The molecule has 1 aliphatic rings. The van der Waals surface area contributed by atoms with E-state index in [0.717, 1.165) is 11.3 Å². The Morgan fingerprint density at radius 3 is 2.78 bits per heavy atom. The normalized spacial score (nSPS) is 23.6. The molecule has 1 amide bonds. The molecule has 0 unspecified atom stereocenters. The van der Waals surface area contributed by atoms with Crippen LogP contribution in [0.1, 0.15) is 12.5 Å². The molecule has 1 fully saturated rings. The minimum Gasteiger partial charge on any atom is -0.489 e. The number of benzene rings is 1. The third kappa shape index (κ3) is 2.60. The van der Waals surface area contributed by atoms with E-state index in [9.17, 15) is 4.79 Å². The van der Waals surface area contributed by atoms with Crippen molar-refractivity contribution in [1.82, 2.24) is 4.90 Å². The van der Waals surface area contributed by atoms with E-state index in [1.807, 2.05) is 19.1 Å². The van der Waals surface area contributed by atoms with Gasteiger partial charge in [0.25, 0.3) is 5.91 Å². The quantitative estimate of drug-likeness (QED) is 0.845. The topological polar surface area (TPSA) is 38.8 Å². The van der Waals surface area contributed by atoms with Crippen LogP contribution in [0.5, 0.6) is 5.75 Å². The number of likely N-dealkylation sites (N-methyl/N-ethyl adjacent to an activating group) is 1. The number of nitrogens with zero attached hydrogens (tertiary/aromatic N) is 1. The van der Waals surface area contributed by atoms with Crippen LogP contribution < -0.4 is 4.74 Å². The Bertz CT molecular complexity index is 464. The molecule has 1 aromatic rings. The maximum absolute atomic E-state index is 11.6. The number of carbonyl (C=O) groups excluding carboxylic acids is 1. The van der Waals surface area contributed by atoms with Gasteiger partial charge in [-0.15, -0.1) is 0 Å². The first-order valence-corrected chi connectivity index (χ1v) is 6.18. The number of ether oxygens (including phenoxy) is 2. The predicted octanol–water partition coefficient (Wildman–Crippen LogP) is 2.23. The van der Waals surface area contributed by atoms with E-state index in [1.54, 1.807) is 24.9 Å². The smallest absolute Gasteiger partial charge is 0.253 e. The second-order valence-electron chi connectivity index (χ2n) is 4.40. The number of carbonyl (C=O) groups is 1. The first-order valence-electron chi connectivity index (χ1n) is 5.80. The van der Waals surface area contributed by atoms with Crippen molar-refractivity contribution in [2.75, 3.05) is 13.7 Å². The largest absolute Gasteiger partial charge is 0.489 e. The van der Waals surface area contributed by atoms with E-state index < -0.39 is 6.10 Å². The molecule has 0 aromatic heterocycles. The summed E-state index contributed by atoms with van der Waals surface area (Å²) in [5.41, 5.74) is 0.961. The molecule has 98 valence electrons. The summed E-state index contributed by atoms with van der Waals surface area (Å²) in [6.07, 6.45) is -0.725. The summed E-state index contributed by atoms with van der Waals surface area (Å²) >= 11 is 5.87. The van der Waals surface area contributed by atoms with Crippen molar-refractivity contribution in [1.29, 1.82) is 0 Å². The molecule has 1 aliphatic heterocycles. The van der Waals surface area contributed by atoms with E-state index >= 15 is 0 Å². The molecule has 0 aliphatic carbocycles. The van der Waals surface area contributed by atoms with Gasteiger partial charge in [-0.3, -0.25) is 4.79 Å². The summed E-state index contributed by atoms with van der Waals surface area (Å²) < 4.78 is 11.2. The first-order chi connectivity index (χ1) is 8.49. The van der Waals surface area contributed by atoms with Gasteiger partial charge in [0.15, 0.2) is 6.23 Å². The number of halogens is 1. The first kappa shape index (κ1) is 13.2. The number of hydrogen-bond donors (Lipinski definition) is 0. The molecule has 2 rings (SSSR count). The van der Waals surface area contributed by atoms with Crippen molar-refractivity contribution < 1.29 is 14.3 Å². The zero-order chi connectivity index (χ0) is 13.3. The highest BCUT2D eigenvalue weighted by molar-refractivity contribution is 6.30. The Morgan fingerprint density at radius 2 is 2.22 bits per heavy atom. The molecule has 0 radical (unpaired) electrons. The second kappa shape index (κ2) is 5.16. The molecule has 4 nitrogen and oxygen atoms in total. The Balaban J connectivity index is 1.98. The van der Waals surface area contributed by atoms with Crippen LogP contribution in [0.3, 0.4) is 0 Å². The van der Waals surface area contributed by atoms with Gasteiger partial charge in [-0.1, -0.05) is 11.6 Å². The van der Waals surface area contributed by atoms with Gasteiger partial charge in [-0.05, 0) is 37.6 Å². The van der Waals surface area contributed by atoms with Crippen molar-refractivity contribution >= 4 is 17.5 Å². The van der Waals surface area contributed by atoms with E-state index in [4.69, 9.17) is 21.1 Å². The molecule has 5 heteroatoms. The summed E-state index contributed by atoms with van der Waals surface area (Å²) in [6.45, 7) is 3.98. The van der Waals surface area contributed by atoms with Crippen molar-refractivity contribution in [3.05, 3.63) is 28.8 Å². The van der Waals surface area contributed by atoms with E-state index in [-0.39, 0.29) is 12.1 Å². The fraction of sp³-hybridized carbons (Fsp3) is 0.462. The Labute approximate surface area is 111 Å². The minimum atomic E-state index is -0.394. The summed E-state index contributed by atoms with van der Waals surface area (Å²) in [4.78, 5) is 13.1. The zero-order valence-electron chi connectivity index (χ0n) is 10.6. The highest BCUT2D eigenvalue weighted by atomic mass is 35.5. The lowest BCUT2D eigenvalue weighted by atomic mass is 10.2. The zero-order valence-corrected chi connectivity index (χ0v) is 11.4. The van der Waals surface area contributed by atoms with Crippen LogP contribution in [0.4, 0.5) is 0 Å². The molecule has 18 heavy (non-hydrogen) atoms. The van der Waals surface area contributed by atoms with Gasteiger partial charge in [0.05, 0.1) is 0 Å². The van der Waals surface area contributed by atoms with Crippen LogP contribution in [0.25, 0.3) is 0 Å². The number of rotatable bonds is 3. The summed E-state index contributed by atoms with van der Waals surface area (Å²) in [6, 6.07) is 5.43. The highest BCUT2D eigenvalue weighted by Crippen LogP contribution is 2.23. The van der Waals surface area contributed by atoms with Gasteiger partial charge in [0.1, 0.15) is 18.5 Å². The molecule has 0 bridgehead atoms. The van der Waals surface area contributed by atoms with Crippen LogP contribution in [0, 0.1) is 6.92 Å². The molecular formula is C13H16ClNO3. The number of aryl methyl sites for hydroxylation is 1. The fourth-order valence-corrected chi connectivity index (χ4v) is 2.13. The average molecular weight is 270 g/mol. The van der Waals surface area contributed by atoms with Gasteiger partial charge in [-0.2, -0.15) is 0 Å². The average Bonchev–Trinajstić information content (AvgIpc) is 2.56. The maximum Gasteiger partial charge on any atom is 0.253 e. The van der Waals surface area contributed by atoms with Crippen LogP contribution in [0.15, 0.2) is 18.2 Å². The van der Waals surface area contributed by atoms with Crippen molar-refractivity contribution in [2.45, 2.75) is 26.2 Å². The van der Waals surface area contributed by atoms with Crippen molar-refractivity contribution in [3.8, 4) is 5.75 Å². The van der Waals surface area contributed by atoms with E-state index in [0.29, 0.717) is 11.6 Å². The predicted molar refractivity (Wildman–Crippen MR) is 68.8 cm³/mol. The monoisotopic (exact) mass is 269 g/mol. The van der Waals surface area contributed by atoms with Crippen molar-refractivity contribution in [2.24, 2.45) is 0 Å². The lowest BCUT2D eigenvalue weighted by Gasteiger charge is -2.19. The van der Waals surface area contributed by atoms with Crippen LogP contribution in [-0.4, -0.2) is 36.8 Å². The minimum absolute atomic E-state index is 0.0172. The second-order valence-corrected chi connectivity index (χ2v) is 4.84. The van der Waals surface area contributed by atoms with Crippen LogP contribution in [-0.2, 0) is 9.53 Å². The SMILES string of the molecule is Cc1cc(Cl)ccc1OC[C@H]1O[C@H](C)C(=O)N1C. The molecular weight excluding hydrogens is 254 g/mol. The highest BCUT2D eigenvalue weighted by Gasteiger charge is 2.35. The van der Waals surface area contributed by atoms with Crippen LogP contribution in [0.2, 0.25) is 5.02 Å². The summed E-state index contributed by atoms with van der Waals surface area (Å²) in [5.74, 6) is 0.736. The standard InChI is InChI=1S/C13H16ClNO3/c1-8-6-10(14)4-5-11(8)17-7-12-15(3)13(16)9(2)18-12/h4-6,9,12H,7H2,1-3H3/t9-,12-/m1/s1. The van der Waals surface area contributed by atoms with Gasteiger partial charge in [0, 0.05) is 12.1 Å². The molecule has 1 saturated heterocycles. The lowest BCUT2D eigenvalue weighted by molar-refractivity contribution is -0.128. The third-order valence-electron chi connectivity index (χ3n) is 3.01. The summed E-state index contributed by atoms with van der Waals surface area (Å²) in [5, 5.41) is 0.679. The van der Waals surface area contributed by atoms with Gasteiger partial charge in [-0.25, -0.2) is 0 Å². The van der Waals surface area contributed by atoms with Gasteiger partial charge >= 0.3 is 0 Å². The van der Waals surface area contributed by atoms with Gasteiger partial charge in [0.2, 0.25) is 0 Å². The maximum atomic E-state index is 11.6. The lowest BCUT2D eigenvalue weighted by Crippen LogP contribution is -2.34. The summed E-state index contributed by atoms with van der Waals surface area (Å²) in [7, 11) is 1.72. The molecule has 0 spiro atoms. The fourth-order valence-electron chi connectivity index (χ4n) is 1.90. The molecule has 0 saturated carbocycles. The Hall–Kier alpha value is -1.26. The molecule has 1 aromatic carbocycles. The van der Waals surface area contributed by atoms with Gasteiger partial charge < -0.3 is 14.4 Å². The molecule has 1 heterocycles. The number of hydrogen-bond acceptors (Lipinski definition) is 3. The van der Waals surface area contributed by atoms with E-state index in [1.165, 1.54) is 0 Å². The van der Waals surface area contributed by atoms with Crippen molar-refractivity contribution in [3.63, 3.8) is 0 Å². The Morgan fingerprint density at radius 1 is 1.50 bits per heavy atom. The van der Waals surface area contributed by atoms with E-state index in [2.05, 4.69) is 0 Å². The molecule has 0 N–H and O–H groups in total. The Kier molecular flexibility index (Phi) is 3.78. The molecule has 2 atom stereocenters. The number of amides is 1. The third-order valence-corrected chi connectivity index (χ3v) is 3.24.